The fraction of sp³-hybridized carbons (Fsp3) is 0.0714. The maximum absolute atomic E-state index is 13.5. The number of hydrogen-bond donors (Lipinski definition) is 0. The Bertz CT molecular complexity index is 894. The van der Waals surface area contributed by atoms with E-state index in [1.165, 1.54) is 6.92 Å². The molecule has 10 heteroatoms. The summed E-state index contributed by atoms with van der Waals surface area (Å²) >= 11 is 0. The number of halogens is 5. The van der Waals surface area contributed by atoms with Gasteiger partial charge in [0.2, 0.25) is 34.8 Å². The van der Waals surface area contributed by atoms with Crippen LogP contribution in [-0.4, -0.2) is 14.2 Å². The van der Waals surface area contributed by atoms with Crippen LogP contribution < -0.4 is 4.18 Å². The van der Waals surface area contributed by atoms with Crippen LogP contribution in [0.25, 0.3) is 0 Å². The Balaban J connectivity index is 2.49. The molecule has 0 saturated carbocycles. The molecular weight excluding hydrogens is 359 g/mol. The Morgan fingerprint density at radius 2 is 1.25 bits per heavy atom. The standard InChI is InChI=1S/C14H7F5O4S/c1-6(20)7-2-4-8(5-3-7)24(21,22)23-14-12(18)10(16)9(15)11(17)13(14)19/h2-5H,1H3. The fourth-order valence-electron chi connectivity index (χ4n) is 1.67. The molecule has 2 aromatic carbocycles. The van der Waals surface area contributed by atoms with E-state index < -0.39 is 49.8 Å². The molecule has 2 aromatic rings. The monoisotopic (exact) mass is 366 g/mol. The smallest absolute Gasteiger partial charge is 0.339 e. The van der Waals surface area contributed by atoms with Crippen LogP contribution in [0.3, 0.4) is 0 Å². The first-order valence-corrected chi connectivity index (χ1v) is 7.54. The Morgan fingerprint density at radius 3 is 1.67 bits per heavy atom. The average Bonchev–Trinajstić information content (AvgIpc) is 2.55. The van der Waals surface area contributed by atoms with Crippen molar-refractivity contribution in [3.63, 3.8) is 0 Å². The summed E-state index contributed by atoms with van der Waals surface area (Å²) in [6.07, 6.45) is 0. The van der Waals surface area contributed by atoms with Gasteiger partial charge in [0, 0.05) is 5.56 Å². The predicted molar refractivity (Wildman–Crippen MR) is 70.5 cm³/mol. The van der Waals surface area contributed by atoms with E-state index >= 15 is 0 Å². The molecule has 0 N–H and O–H groups in total. The van der Waals surface area contributed by atoms with Crippen LogP contribution in [0, 0.1) is 29.1 Å². The normalized spacial score (nSPS) is 11.4. The minimum Gasteiger partial charge on any atom is -0.372 e. The number of hydrogen-bond acceptors (Lipinski definition) is 4. The SMILES string of the molecule is CC(=O)c1ccc(S(=O)(=O)Oc2c(F)c(F)c(F)c(F)c2F)cc1. The summed E-state index contributed by atoms with van der Waals surface area (Å²) in [5, 5.41) is 0. The van der Waals surface area contributed by atoms with Crippen molar-refractivity contribution < 1.29 is 39.3 Å². The summed E-state index contributed by atoms with van der Waals surface area (Å²) in [6.45, 7) is 1.22. The van der Waals surface area contributed by atoms with Crippen LogP contribution >= 0.6 is 0 Å². The summed E-state index contributed by atoms with van der Waals surface area (Å²) in [7, 11) is -4.89. The van der Waals surface area contributed by atoms with Crippen molar-refractivity contribution in [3.8, 4) is 5.75 Å². The number of carbonyl (C=O) groups excluding carboxylic acids is 1. The Kier molecular flexibility index (Phi) is 4.61. The molecule has 0 aromatic heterocycles. The number of rotatable bonds is 4. The summed E-state index contributed by atoms with van der Waals surface area (Å²) < 4.78 is 93.8. The van der Waals surface area contributed by atoms with Gasteiger partial charge >= 0.3 is 10.1 Å². The maximum atomic E-state index is 13.5. The average molecular weight is 366 g/mol. The van der Waals surface area contributed by atoms with Crippen LogP contribution in [0.5, 0.6) is 5.75 Å². The predicted octanol–water partition coefficient (Wildman–Crippen LogP) is 3.35. The molecule has 0 aliphatic heterocycles. The summed E-state index contributed by atoms with van der Waals surface area (Å²) in [5.74, 6) is -14.3. The van der Waals surface area contributed by atoms with Crippen molar-refractivity contribution in [2.24, 2.45) is 0 Å². The molecular formula is C14H7F5O4S. The molecule has 4 nitrogen and oxygen atoms in total. The molecule has 0 heterocycles. The molecule has 0 bridgehead atoms. The zero-order valence-electron chi connectivity index (χ0n) is 11.7. The largest absolute Gasteiger partial charge is 0.372 e. The summed E-state index contributed by atoms with van der Waals surface area (Å²) in [6, 6.07) is 3.96. The lowest BCUT2D eigenvalue weighted by Crippen LogP contribution is -2.14. The third kappa shape index (κ3) is 3.09. The van der Waals surface area contributed by atoms with Gasteiger partial charge in [0.1, 0.15) is 4.90 Å². The molecule has 0 atom stereocenters. The number of Topliss-reactive ketones (excluding diaryl/α,β-unsaturated/α-hetero) is 1. The molecule has 0 spiro atoms. The van der Waals surface area contributed by atoms with Crippen LogP contribution in [-0.2, 0) is 10.1 Å². The van der Waals surface area contributed by atoms with Crippen molar-refractivity contribution in [2.75, 3.05) is 0 Å². The quantitative estimate of drug-likeness (QED) is 0.274. The highest BCUT2D eigenvalue weighted by molar-refractivity contribution is 7.87. The van der Waals surface area contributed by atoms with Crippen molar-refractivity contribution >= 4 is 15.9 Å². The van der Waals surface area contributed by atoms with E-state index in [4.69, 9.17) is 0 Å². The first kappa shape index (κ1) is 17.9. The van der Waals surface area contributed by atoms with Crippen molar-refractivity contribution in [1.82, 2.24) is 0 Å². The third-order valence-electron chi connectivity index (χ3n) is 2.91. The van der Waals surface area contributed by atoms with Crippen LogP contribution in [0.1, 0.15) is 17.3 Å². The van der Waals surface area contributed by atoms with Crippen LogP contribution in [0.4, 0.5) is 22.0 Å². The highest BCUT2D eigenvalue weighted by Gasteiger charge is 2.30. The lowest BCUT2D eigenvalue weighted by Gasteiger charge is -2.10. The molecule has 128 valence electrons. The van der Waals surface area contributed by atoms with E-state index in [2.05, 4.69) is 4.18 Å². The molecule has 0 radical (unpaired) electrons. The molecule has 0 amide bonds. The van der Waals surface area contributed by atoms with Gasteiger partial charge in [-0.2, -0.15) is 17.2 Å². The minimum atomic E-state index is -4.89. The Labute approximate surface area is 132 Å². The topological polar surface area (TPSA) is 60.4 Å². The molecule has 24 heavy (non-hydrogen) atoms. The maximum Gasteiger partial charge on any atom is 0.339 e. The Hall–Kier alpha value is -2.49. The summed E-state index contributed by atoms with van der Waals surface area (Å²) in [5.41, 5.74) is 0.144. The zero-order valence-corrected chi connectivity index (χ0v) is 12.6. The second kappa shape index (κ2) is 6.19. The molecule has 0 saturated heterocycles. The van der Waals surface area contributed by atoms with E-state index in [1.54, 1.807) is 0 Å². The second-order valence-corrected chi connectivity index (χ2v) is 6.06. The number of ketones is 1. The molecule has 0 aliphatic rings. The van der Waals surface area contributed by atoms with Gasteiger partial charge in [-0.25, -0.2) is 13.2 Å². The first-order chi connectivity index (χ1) is 11.1. The molecule has 0 fully saturated rings. The van der Waals surface area contributed by atoms with Crippen molar-refractivity contribution in [3.05, 3.63) is 58.9 Å². The lowest BCUT2D eigenvalue weighted by molar-refractivity contribution is 0.101. The highest BCUT2D eigenvalue weighted by atomic mass is 32.2. The number of benzene rings is 2. The van der Waals surface area contributed by atoms with E-state index in [9.17, 15) is 35.2 Å². The van der Waals surface area contributed by atoms with Gasteiger partial charge in [0.25, 0.3) is 0 Å². The van der Waals surface area contributed by atoms with E-state index in [1.807, 2.05) is 0 Å². The van der Waals surface area contributed by atoms with Gasteiger partial charge in [-0.05, 0) is 19.1 Å². The lowest BCUT2D eigenvalue weighted by atomic mass is 10.2. The van der Waals surface area contributed by atoms with Gasteiger partial charge in [0.15, 0.2) is 5.78 Å². The minimum absolute atomic E-state index is 0.144. The van der Waals surface area contributed by atoms with Gasteiger partial charge < -0.3 is 4.18 Å². The fourth-order valence-corrected chi connectivity index (χ4v) is 2.60. The zero-order chi connectivity index (χ0) is 18.2. The third-order valence-corrected chi connectivity index (χ3v) is 4.15. The molecule has 0 unspecified atom stereocenters. The van der Waals surface area contributed by atoms with Gasteiger partial charge in [-0.1, -0.05) is 12.1 Å². The van der Waals surface area contributed by atoms with Crippen molar-refractivity contribution in [1.29, 1.82) is 0 Å². The van der Waals surface area contributed by atoms with Crippen LogP contribution in [0.15, 0.2) is 29.2 Å². The number of carbonyl (C=O) groups is 1. The summed E-state index contributed by atoms with van der Waals surface area (Å²) in [4.78, 5) is 10.5. The Morgan fingerprint density at radius 1 is 0.833 bits per heavy atom. The van der Waals surface area contributed by atoms with Crippen molar-refractivity contribution in [2.45, 2.75) is 11.8 Å². The van der Waals surface area contributed by atoms with Gasteiger partial charge in [0.05, 0.1) is 0 Å². The van der Waals surface area contributed by atoms with E-state index in [-0.39, 0.29) is 11.3 Å². The highest BCUT2D eigenvalue weighted by Crippen LogP contribution is 2.31. The van der Waals surface area contributed by atoms with E-state index in [0.717, 1.165) is 24.3 Å². The van der Waals surface area contributed by atoms with Crippen LogP contribution in [0.2, 0.25) is 0 Å². The van der Waals surface area contributed by atoms with Gasteiger partial charge in [-0.3, -0.25) is 4.79 Å². The first-order valence-electron chi connectivity index (χ1n) is 6.13. The molecule has 2 rings (SSSR count). The second-order valence-electron chi connectivity index (χ2n) is 4.52. The van der Waals surface area contributed by atoms with Gasteiger partial charge in [-0.15, -0.1) is 0 Å². The van der Waals surface area contributed by atoms with E-state index in [0.29, 0.717) is 0 Å². The molecule has 0 aliphatic carbocycles.